The molecule has 1 fully saturated rings. The summed E-state index contributed by atoms with van der Waals surface area (Å²) >= 11 is 0. The lowest BCUT2D eigenvalue weighted by Gasteiger charge is -2.14. The van der Waals surface area contributed by atoms with Crippen molar-refractivity contribution >= 4 is 16.9 Å². The maximum absolute atomic E-state index is 6.14. The van der Waals surface area contributed by atoms with Gasteiger partial charge in [-0.15, -0.1) is 10.2 Å². The second-order valence-corrected chi connectivity index (χ2v) is 7.26. The lowest BCUT2D eigenvalue weighted by Crippen LogP contribution is -2.18. The van der Waals surface area contributed by atoms with Gasteiger partial charge in [-0.05, 0) is 24.1 Å². The number of nitrogens with zero attached hydrogens (tertiary/aromatic N) is 4. The van der Waals surface area contributed by atoms with Crippen molar-refractivity contribution in [3.63, 3.8) is 0 Å². The number of nitrogen functional groups attached to an aromatic ring is 1. The van der Waals surface area contributed by atoms with E-state index in [1.807, 2.05) is 12.1 Å². The SMILES string of the molecule is CCCCc1nc2c(N)nnc(O[C@H]3CCOC3)c2n1Cc1ccc(OC)cc1. The minimum atomic E-state index is -0.0282. The van der Waals surface area contributed by atoms with Gasteiger partial charge in [0.05, 0.1) is 20.3 Å². The van der Waals surface area contributed by atoms with Crippen LogP contribution in [0.15, 0.2) is 24.3 Å². The number of rotatable bonds is 8. The number of aromatic nitrogens is 4. The van der Waals surface area contributed by atoms with Crippen molar-refractivity contribution in [3.05, 3.63) is 35.7 Å². The molecule has 1 atom stereocenters. The molecular weight excluding hydrogens is 370 g/mol. The number of fused-ring (bicyclic) bond motifs is 1. The van der Waals surface area contributed by atoms with E-state index in [9.17, 15) is 0 Å². The van der Waals surface area contributed by atoms with E-state index in [0.717, 1.165) is 48.3 Å². The van der Waals surface area contributed by atoms with Crippen LogP contribution in [0.25, 0.3) is 11.0 Å². The molecular formula is C21H27N5O3. The van der Waals surface area contributed by atoms with Crippen LogP contribution in [0.4, 0.5) is 5.82 Å². The van der Waals surface area contributed by atoms with Crippen LogP contribution in [-0.2, 0) is 17.7 Å². The predicted octanol–water partition coefficient (Wildman–Crippen LogP) is 2.98. The molecule has 1 saturated heterocycles. The topological polar surface area (TPSA) is 97.3 Å². The van der Waals surface area contributed by atoms with Crippen molar-refractivity contribution in [1.82, 2.24) is 19.7 Å². The van der Waals surface area contributed by atoms with Gasteiger partial charge in [-0.3, -0.25) is 0 Å². The molecule has 1 aromatic carbocycles. The third-order valence-corrected chi connectivity index (χ3v) is 5.16. The smallest absolute Gasteiger partial charge is 0.260 e. The summed E-state index contributed by atoms with van der Waals surface area (Å²) in [6.45, 7) is 4.07. The fraction of sp³-hybridized carbons (Fsp3) is 0.476. The van der Waals surface area contributed by atoms with Gasteiger partial charge in [-0.2, -0.15) is 0 Å². The highest BCUT2D eigenvalue weighted by Crippen LogP contribution is 2.30. The number of benzene rings is 1. The number of unbranched alkanes of at least 4 members (excludes halogenated alkanes) is 1. The molecule has 29 heavy (non-hydrogen) atoms. The summed E-state index contributed by atoms with van der Waals surface area (Å²) in [7, 11) is 1.67. The molecule has 2 aromatic heterocycles. The van der Waals surface area contributed by atoms with Gasteiger partial charge in [0.1, 0.15) is 28.7 Å². The van der Waals surface area contributed by atoms with E-state index >= 15 is 0 Å². The third kappa shape index (κ3) is 4.12. The number of anilines is 1. The molecule has 0 spiro atoms. The number of aryl methyl sites for hydroxylation is 1. The minimum absolute atomic E-state index is 0.0282. The highest BCUT2D eigenvalue weighted by atomic mass is 16.5. The number of hydrogen-bond acceptors (Lipinski definition) is 7. The van der Waals surface area contributed by atoms with E-state index in [-0.39, 0.29) is 6.10 Å². The lowest BCUT2D eigenvalue weighted by atomic mass is 10.2. The van der Waals surface area contributed by atoms with Crippen LogP contribution in [0.2, 0.25) is 0 Å². The summed E-state index contributed by atoms with van der Waals surface area (Å²) < 4.78 is 19.0. The van der Waals surface area contributed by atoms with Gasteiger partial charge in [0, 0.05) is 19.4 Å². The third-order valence-electron chi connectivity index (χ3n) is 5.16. The molecule has 8 heteroatoms. The first-order chi connectivity index (χ1) is 14.2. The van der Waals surface area contributed by atoms with Gasteiger partial charge in [-0.25, -0.2) is 4.98 Å². The first-order valence-corrected chi connectivity index (χ1v) is 10.1. The van der Waals surface area contributed by atoms with E-state index < -0.39 is 0 Å². The van der Waals surface area contributed by atoms with Crippen molar-refractivity contribution in [2.75, 3.05) is 26.1 Å². The molecule has 154 valence electrons. The van der Waals surface area contributed by atoms with E-state index in [1.165, 1.54) is 0 Å². The average Bonchev–Trinajstić information content (AvgIpc) is 3.38. The van der Waals surface area contributed by atoms with Gasteiger partial charge in [0.15, 0.2) is 5.82 Å². The fourth-order valence-corrected chi connectivity index (χ4v) is 3.54. The summed E-state index contributed by atoms with van der Waals surface area (Å²) in [4.78, 5) is 4.81. The normalized spacial score (nSPS) is 16.4. The molecule has 0 radical (unpaired) electrons. The number of nitrogens with two attached hydrogens (primary N) is 1. The molecule has 0 saturated carbocycles. The summed E-state index contributed by atoms with van der Waals surface area (Å²) in [6, 6.07) is 8.03. The van der Waals surface area contributed by atoms with Crippen molar-refractivity contribution in [3.8, 4) is 11.6 Å². The summed E-state index contributed by atoms with van der Waals surface area (Å²) in [6.07, 6.45) is 3.79. The zero-order valence-electron chi connectivity index (χ0n) is 16.9. The van der Waals surface area contributed by atoms with Gasteiger partial charge < -0.3 is 24.5 Å². The maximum atomic E-state index is 6.14. The number of ether oxygens (including phenoxy) is 3. The Morgan fingerprint density at radius 1 is 1.24 bits per heavy atom. The summed E-state index contributed by atoms with van der Waals surface area (Å²) in [5.74, 6) is 2.58. The first kappa shape index (κ1) is 19.4. The van der Waals surface area contributed by atoms with Crippen LogP contribution in [0, 0.1) is 0 Å². The van der Waals surface area contributed by atoms with Crippen LogP contribution in [-0.4, -0.2) is 46.2 Å². The maximum Gasteiger partial charge on any atom is 0.260 e. The van der Waals surface area contributed by atoms with Crippen LogP contribution >= 0.6 is 0 Å². The first-order valence-electron chi connectivity index (χ1n) is 10.1. The molecule has 8 nitrogen and oxygen atoms in total. The van der Waals surface area contributed by atoms with Gasteiger partial charge in [-0.1, -0.05) is 25.5 Å². The molecule has 3 aromatic rings. The molecule has 1 aliphatic heterocycles. The van der Waals surface area contributed by atoms with Crippen LogP contribution in [0.3, 0.4) is 0 Å². The molecule has 0 aliphatic carbocycles. The monoisotopic (exact) mass is 397 g/mol. The Hall–Kier alpha value is -2.87. The molecule has 0 bridgehead atoms. The van der Waals surface area contributed by atoms with E-state index in [4.69, 9.17) is 24.9 Å². The van der Waals surface area contributed by atoms with E-state index in [1.54, 1.807) is 7.11 Å². The van der Waals surface area contributed by atoms with Gasteiger partial charge in [0.2, 0.25) is 0 Å². The zero-order valence-corrected chi connectivity index (χ0v) is 16.9. The van der Waals surface area contributed by atoms with Crippen LogP contribution < -0.4 is 15.2 Å². The highest BCUT2D eigenvalue weighted by molar-refractivity contribution is 5.88. The van der Waals surface area contributed by atoms with Gasteiger partial charge >= 0.3 is 0 Å². The average molecular weight is 397 g/mol. The Kier molecular flexibility index (Phi) is 5.80. The molecule has 0 unspecified atom stereocenters. The Bertz CT molecular complexity index is 965. The van der Waals surface area contributed by atoms with Crippen molar-refractivity contribution in [1.29, 1.82) is 0 Å². The lowest BCUT2D eigenvalue weighted by molar-refractivity contribution is 0.138. The second kappa shape index (κ2) is 8.65. The van der Waals surface area contributed by atoms with E-state index in [2.05, 4.69) is 33.8 Å². The number of hydrogen-bond donors (Lipinski definition) is 1. The molecule has 4 rings (SSSR count). The quantitative estimate of drug-likeness (QED) is 0.624. The Morgan fingerprint density at radius 2 is 2.07 bits per heavy atom. The zero-order chi connectivity index (χ0) is 20.2. The molecule has 1 aliphatic rings. The largest absolute Gasteiger partial charge is 0.497 e. The van der Waals surface area contributed by atoms with Crippen molar-refractivity contribution in [2.24, 2.45) is 0 Å². The van der Waals surface area contributed by atoms with Crippen LogP contribution in [0.5, 0.6) is 11.6 Å². The Balaban J connectivity index is 1.77. The van der Waals surface area contributed by atoms with Gasteiger partial charge in [0.25, 0.3) is 5.88 Å². The molecule has 0 amide bonds. The van der Waals surface area contributed by atoms with Crippen molar-refractivity contribution < 1.29 is 14.2 Å². The Labute approximate surface area is 170 Å². The van der Waals surface area contributed by atoms with Crippen LogP contribution in [0.1, 0.15) is 37.6 Å². The molecule has 2 N–H and O–H groups in total. The highest BCUT2D eigenvalue weighted by Gasteiger charge is 2.24. The predicted molar refractivity (Wildman–Crippen MR) is 110 cm³/mol. The fourth-order valence-electron chi connectivity index (χ4n) is 3.54. The number of imidazole rings is 1. The second-order valence-electron chi connectivity index (χ2n) is 7.26. The molecule has 3 heterocycles. The summed E-state index contributed by atoms with van der Waals surface area (Å²) in [5.41, 5.74) is 8.71. The van der Waals surface area contributed by atoms with Crippen molar-refractivity contribution in [2.45, 2.75) is 45.3 Å². The minimum Gasteiger partial charge on any atom is -0.497 e. The standard InChI is InChI=1S/C21H27N5O3/c1-3-4-5-17-23-18-19(26(17)12-14-6-8-15(27-2)9-7-14)21(25-24-20(18)22)29-16-10-11-28-13-16/h6-9,16H,3-5,10-13H2,1-2H3,(H2,22,24)/t16-/m0/s1. The number of methoxy groups -OCH3 is 1. The Morgan fingerprint density at radius 3 is 2.76 bits per heavy atom. The van der Waals surface area contributed by atoms with E-state index in [0.29, 0.717) is 37.0 Å². The summed E-state index contributed by atoms with van der Waals surface area (Å²) in [5, 5.41) is 8.34.